The highest BCUT2D eigenvalue weighted by molar-refractivity contribution is 5.88. The van der Waals surface area contributed by atoms with Crippen LogP contribution in [0.25, 0.3) is 0 Å². The Labute approximate surface area is 95.4 Å². The average Bonchev–Trinajstić information content (AvgIpc) is 2.62. The van der Waals surface area contributed by atoms with Crippen LogP contribution in [0.5, 0.6) is 0 Å². The van der Waals surface area contributed by atoms with E-state index in [-0.39, 0.29) is 5.91 Å². The summed E-state index contributed by atoms with van der Waals surface area (Å²) < 4.78 is 5.21. The monoisotopic (exact) mass is 226 g/mol. The van der Waals surface area contributed by atoms with Gasteiger partial charge in [-0.25, -0.2) is 4.79 Å². The van der Waals surface area contributed by atoms with Crippen molar-refractivity contribution in [2.75, 3.05) is 13.6 Å². The smallest absolute Gasteiger partial charge is 0.411 e. The molecule has 1 N–H and O–H groups in total. The molecule has 0 aromatic heterocycles. The van der Waals surface area contributed by atoms with Crippen LogP contribution in [0.15, 0.2) is 12.2 Å². The minimum Gasteiger partial charge on any atom is -0.444 e. The first-order valence-electron chi connectivity index (χ1n) is 5.23. The van der Waals surface area contributed by atoms with Gasteiger partial charge in [0.15, 0.2) is 0 Å². The van der Waals surface area contributed by atoms with Crippen LogP contribution >= 0.6 is 0 Å². The van der Waals surface area contributed by atoms with Crippen LogP contribution in [-0.2, 0) is 9.53 Å². The molecule has 0 aromatic rings. The predicted octanol–water partition coefficient (Wildman–Crippen LogP) is 0.908. The van der Waals surface area contributed by atoms with E-state index in [0.717, 1.165) is 0 Å². The summed E-state index contributed by atoms with van der Waals surface area (Å²) in [5, 5.41) is 2.51. The molecule has 0 saturated heterocycles. The Bertz CT molecular complexity index is 318. The van der Waals surface area contributed by atoms with E-state index in [4.69, 9.17) is 4.74 Å². The van der Waals surface area contributed by atoms with Crippen molar-refractivity contribution >= 4 is 12.0 Å². The summed E-state index contributed by atoms with van der Waals surface area (Å²) in [4.78, 5) is 24.7. The Kier molecular flexibility index (Phi) is 3.57. The highest BCUT2D eigenvalue weighted by Gasteiger charge is 2.32. The topological polar surface area (TPSA) is 58.6 Å². The summed E-state index contributed by atoms with van der Waals surface area (Å²) in [6.07, 6.45) is 3.01. The maximum Gasteiger partial charge on any atom is 0.411 e. The lowest BCUT2D eigenvalue weighted by Crippen LogP contribution is -2.47. The molecule has 1 aliphatic rings. The molecule has 90 valence electrons. The summed E-state index contributed by atoms with van der Waals surface area (Å²) in [5.41, 5.74) is -0.549. The molecule has 0 radical (unpaired) electrons. The fourth-order valence-corrected chi connectivity index (χ4v) is 1.41. The van der Waals surface area contributed by atoms with E-state index >= 15 is 0 Å². The summed E-state index contributed by atoms with van der Waals surface area (Å²) in [6, 6.07) is -0.556. The molecule has 0 bridgehead atoms. The van der Waals surface area contributed by atoms with Crippen molar-refractivity contribution in [1.29, 1.82) is 0 Å². The van der Waals surface area contributed by atoms with Crippen molar-refractivity contribution < 1.29 is 14.3 Å². The Morgan fingerprint density at radius 3 is 2.56 bits per heavy atom. The number of carbonyl (C=O) groups is 2. The molecular weight excluding hydrogens is 208 g/mol. The molecular formula is C11H18N2O3. The van der Waals surface area contributed by atoms with Crippen molar-refractivity contribution in [3.05, 3.63) is 12.2 Å². The minimum absolute atomic E-state index is 0.209. The second-order valence-corrected chi connectivity index (χ2v) is 4.62. The van der Waals surface area contributed by atoms with Crippen LogP contribution in [0.3, 0.4) is 0 Å². The van der Waals surface area contributed by atoms with Gasteiger partial charge < -0.3 is 10.1 Å². The van der Waals surface area contributed by atoms with Crippen molar-refractivity contribution in [1.82, 2.24) is 10.2 Å². The Balaban J connectivity index is 2.67. The van der Waals surface area contributed by atoms with Crippen LogP contribution in [0.2, 0.25) is 0 Å². The van der Waals surface area contributed by atoms with Gasteiger partial charge in [0.05, 0.1) is 0 Å². The SMILES string of the molecule is CNC(=O)[C@@H]1C=CCN1C(=O)OC(C)(C)C. The highest BCUT2D eigenvalue weighted by Crippen LogP contribution is 2.16. The first-order valence-corrected chi connectivity index (χ1v) is 5.23. The van der Waals surface area contributed by atoms with Gasteiger partial charge in [0.1, 0.15) is 11.6 Å². The zero-order valence-electron chi connectivity index (χ0n) is 10.1. The Morgan fingerprint density at radius 2 is 2.06 bits per heavy atom. The van der Waals surface area contributed by atoms with Gasteiger partial charge >= 0.3 is 6.09 Å². The maximum absolute atomic E-state index is 11.8. The molecule has 16 heavy (non-hydrogen) atoms. The standard InChI is InChI=1S/C11H18N2O3/c1-11(2,3)16-10(15)13-7-5-6-8(13)9(14)12-4/h5-6,8H,7H2,1-4H3,(H,12,14)/t8-/m0/s1. The van der Waals surface area contributed by atoms with Crippen LogP contribution in [0, 0.1) is 0 Å². The van der Waals surface area contributed by atoms with Gasteiger partial charge in [0.25, 0.3) is 0 Å². The minimum atomic E-state index is -0.556. The van der Waals surface area contributed by atoms with Gasteiger partial charge in [-0.2, -0.15) is 0 Å². The third-order valence-corrected chi connectivity index (χ3v) is 2.10. The molecule has 1 rings (SSSR count). The number of rotatable bonds is 1. The second kappa shape index (κ2) is 4.55. The van der Waals surface area contributed by atoms with Crippen molar-refractivity contribution in [3.63, 3.8) is 0 Å². The molecule has 1 atom stereocenters. The van der Waals surface area contributed by atoms with Crippen LogP contribution in [0.1, 0.15) is 20.8 Å². The molecule has 5 nitrogen and oxygen atoms in total. The summed E-state index contributed by atoms with van der Waals surface area (Å²) in [5.74, 6) is -0.209. The number of nitrogens with one attached hydrogen (secondary N) is 1. The lowest BCUT2D eigenvalue weighted by molar-refractivity contribution is -0.123. The Morgan fingerprint density at radius 1 is 1.44 bits per heavy atom. The van der Waals surface area contributed by atoms with E-state index in [0.29, 0.717) is 6.54 Å². The number of hydrogen-bond donors (Lipinski definition) is 1. The Hall–Kier alpha value is -1.52. The average molecular weight is 226 g/mol. The fourth-order valence-electron chi connectivity index (χ4n) is 1.41. The quantitative estimate of drug-likeness (QED) is 0.676. The van der Waals surface area contributed by atoms with Gasteiger partial charge in [-0.15, -0.1) is 0 Å². The zero-order valence-corrected chi connectivity index (χ0v) is 10.1. The largest absolute Gasteiger partial charge is 0.444 e. The van der Waals surface area contributed by atoms with E-state index in [1.54, 1.807) is 40.0 Å². The maximum atomic E-state index is 11.8. The van der Waals surface area contributed by atoms with Crippen LogP contribution in [0.4, 0.5) is 4.79 Å². The molecule has 0 fully saturated rings. The molecule has 0 spiro atoms. The number of ether oxygens (including phenoxy) is 1. The first kappa shape index (κ1) is 12.5. The second-order valence-electron chi connectivity index (χ2n) is 4.62. The van der Waals surface area contributed by atoms with Crippen molar-refractivity contribution in [2.45, 2.75) is 32.4 Å². The zero-order chi connectivity index (χ0) is 12.3. The third kappa shape index (κ3) is 2.98. The van der Waals surface area contributed by atoms with Crippen molar-refractivity contribution in [3.8, 4) is 0 Å². The summed E-state index contributed by atoms with van der Waals surface area (Å²) in [7, 11) is 1.54. The number of hydrogen-bond acceptors (Lipinski definition) is 3. The van der Waals surface area contributed by atoms with E-state index in [2.05, 4.69) is 5.32 Å². The van der Waals surface area contributed by atoms with Crippen LogP contribution < -0.4 is 5.32 Å². The van der Waals surface area contributed by atoms with Gasteiger partial charge in [0, 0.05) is 13.6 Å². The van der Waals surface area contributed by atoms with Gasteiger partial charge in [-0.3, -0.25) is 9.69 Å². The molecule has 5 heteroatoms. The molecule has 1 heterocycles. The molecule has 2 amide bonds. The summed E-state index contributed by atoms with van der Waals surface area (Å²) >= 11 is 0. The van der Waals surface area contributed by atoms with E-state index in [1.165, 1.54) is 4.90 Å². The molecule has 0 unspecified atom stereocenters. The normalized spacial score (nSPS) is 19.8. The van der Waals surface area contributed by atoms with E-state index < -0.39 is 17.7 Å². The first-order chi connectivity index (χ1) is 7.35. The predicted molar refractivity (Wildman–Crippen MR) is 59.9 cm³/mol. The molecule has 1 aliphatic heterocycles. The third-order valence-electron chi connectivity index (χ3n) is 2.10. The number of carbonyl (C=O) groups excluding carboxylic acids is 2. The molecule has 0 saturated carbocycles. The lowest BCUT2D eigenvalue weighted by Gasteiger charge is -2.27. The molecule has 0 aliphatic carbocycles. The van der Waals surface area contributed by atoms with E-state index in [1.807, 2.05) is 0 Å². The number of nitrogens with zero attached hydrogens (tertiary/aromatic N) is 1. The fraction of sp³-hybridized carbons (Fsp3) is 0.636. The highest BCUT2D eigenvalue weighted by atomic mass is 16.6. The molecule has 0 aromatic carbocycles. The van der Waals surface area contributed by atoms with E-state index in [9.17, 15) is 9.59 Å². The van der Waals surface area contributed by atoms with Crippen molar-refractivity contribution in [2.24, 2.45) is 0 Å². The van der Waals surface area contributed by atoms with Gasteiger partial charge in [0.2, 0.25) is 5.91 Å². The summed E-state index contributed by atoms with van der Waals surface area (Å²) in [6.45, 7) is 5.79. The number of likely N-dealkylation sites (N-methyl/N-ethyl adjacent to an activating group) is 1. The number of amides is 2. The van der Waals surface area contributed by atoms with Gasteiger partial charge in [-0.1, -0.05) is 12.2 Å². The van der Waals surface area contributed by atoms with Gasteiger partial charge in [-0.05, 0) is 20.8 Å². The van der Waals surface area contributed by atoms with Crippen LogP contribution in [-0.4, -0.2) is 42.1 Å². The lowest BCUT2D eigenvalue weighted by atomic mass is 10.2.